The van der Waals surface area contributed by atoms with Crippen molar-refractivity contribution in [3.63, 3.8) is 0 Å². The van der Waals surface area contributed by atoms with Gasteiger partial charge in [-0.05, 0) is 12.0 Å². The van der Waals surface area contributed by atoms with Gasteiger partial charge in [0.1, 0.15) is 0 Å². The molecule has 0 fully saturated rings. The largest absolute Gasteiger partial charge is 0.409 e. The van der Waals surface area contributed by atoms with Crippen molar-refractivity contribution in [1.82, 2.24) is 5.32 Å². The molecule has 0 unspecified atom stereocenters. The molecule has 0 aliphatic rings. The number of hydrogen-bond donors (Lipinski definition) is 3. The third kappa shape index (κ3) is 6.76. The number of carbonyl (C=O) groups is 1. The maximum atomic E-state index is 11.7. The minimum Gasteiger partial charge on any atom is -0.409 e. The molecule has 0 aromatic heterocycles. The van der Waals surface area contributed by atoms with Crippen LogP contribution < -0.4 is 11.1 Å². The molecular weight excluding hydrogens is 270 g/mol. The van der Waals surface area contributed by atoms with Crippen LogP contribution in [0.5, 0.6) is 0 Å². The number of amidine groups is 1. The van der Waals surface area contributed by atoms with Gasteiger partial charge in [-0.3, -0.25) is 4.79 Å². The van der Waals surface area contributed by atoms with Crippen LogP contribution in [-0.4, -0.2) is 36.7 Å². The molecule has 21 heavy (non-hydrogen) atoms. The molecule has 0 spiro atoms. The second-order valence-corrected chi connectivity index (χ2v) is 4.67. The second kappa shape index (κ2) is 9.77. The topological polar surface area (TPSA) is 96.9 Å². The van der Waals surface area contributed by atoms with Gasteiger partial charge in [0.15, 0.2) is 5.84 Å². The fourth-order valence-corrected chi connectivity index (χ4v) is 1.71. The molecule has 0 heterocycles. The van der Waals surface area contributed by atoms with Crippen LogP contribution in [0, 0.1) is 0 Å². The number of unbranched alkanes of at least 4 members (excludes halogenated alkanes) is 1. The van der Waals surface area contributed by atoms with Crippen LogP contribution in [0.1, 0.15) is 30.9 Å². The van der Waals surface area contributed by atoms with E-state index in [0.29, 0.717) is 25.1 Å². The lowest BCUT2D eigenvalue weighted by atomic mass is 10.1. The molecule has 1 amide bonds. The van der Waals surface area contributed by atoms with Gasteiger partial charge in [-0.25, -0.2) is 0 Å². The van der Waals surface area contributed by atoms with E-state index >= 15 is 0 Å². The fourth-order valence-electron chi connectivity index (χ4n) is 1.71. The Kier molecular flexibility index (Phi) is 7.89. The zero-order valence-electron chi connectivity index (χ0n) is 12.3. The number of carbonyl (C=O) groups excluding carboxylic acids is 1. The van der Waals surface area contributed by atoms with E-state index in [2.05, 4.69) is 17.4 Å². The smallest absolute Gasteiger partial charge is 0.224 e. The summed E-state index contributed by atoms with van der Waals surface area (Å²) in [6, 6.07) is 6.99. The standard InChI is InChI=1S/C15H23N3O3/c1-2-3-9-21-10-8-17-14(19)11-12-4-6-13(7-5-12)15(16)18-20/h4-7,20H,2-3,8-11H2,1H3,(H2,16,18)(H,17,19). The van der Waals surface area contributed by atoms with Gasteiger partial charge in [-0.2, -0.15) is 0 Å². The van der Waals surface area contributed by atoms with Crippen LogP contribution in [0.25, 0.3) is 0 Å². The van der Waals surface area contributed by atoms with E-state index in [4.69, 9.17) is 15.7 Å². The highest BCUT2D eigenvalue weighted by Gasteiger charge is 2.04. The molecule has 0 saturated heterocycles. The third-order valence-electron chi connectivity index (χ3n) is 2.93. The van der Waals surface area contributed by atoms with Crippen LogP contribution in [0.4, 0.5) is 0 Å². The Bertz CT molecular complexity index is 458. The Morgan fingerprint density at radius 3 is 2.67 bits per heavy atom. The lowest BCUT2D eigenvalue weighted by Crippen LogP contribution is -2.28. The van der Waals surface area contributed by atoms with E-state index in [-0.39, 0.29) is 11.7 Å². The van der Waals surface area contributed by atoms with E-state index in [1.807, 2.05) is 0 Å². The van der Waals surface area contributed by atoms with Gasteiger partial charge < -0.3 is 21.0 Å². The summed E-state index contributed by atoms with van der Waals surface area (Å²) >= 11 is 0. The van der Waals surface area contributed by atoms with E-state index in [1.165, 1.54) is 0 Å². The maximum absolute atomic E-state index is 11.7. The second-order valence-electron chi connectivity index (χ2n) is 4.67. The summed E-state index contributed by atoms with van der Waals surface area (Å²) in [4.78, 5) is 11.7. The Balaban J connectivity index is 2.28. The summed E-state index contributed by atoms with van der Waals surface area (Å²) < 4.78 is 5.36. The van der Waals surface area contributed by atoms with Crippen molar-refractivity contribution in [1.29, 1.82) is 0 Å². The van der Waals surface area contributed by atoms with Gasteiger partial charge >= 0.3 is 0 Å². The van der Waals surface area contributed by atoms with Gasteiger partial charge in [0.25, 0.3) is 0 Å². The number of hydrogen-bond acceptors (Lipinski definition) is 4. The highest BCUT2D eigenvalue weighted by molar-refractivity contribution is 5.97. The molecule has 116 valence electrons. The van der Waals surface area contributed by atoms with Crippen molar-refractivity contribution in [2.45, 2.75) is 26.2 Å². The Morgan fingerprint density at radius 2 is 2.05 bits per heavy atom. The summed E-state index contributed by atoms with van der Waals surface area (Å²) in [5.41, 5.74) is 6.95. The molecule has 1 rings (SSSR count). The lowest BCUT2D eigenvalue weighted by Gasteiger charge is -2.07. The van der Waals surface area contributed by atoms with E-state index in [9.17, 15) is 4.79 Å². The molecule has 4 N–H and O–H groups in total. The van der Waals surface area contributed by atoms with Gasteiger partial charge in [-0.15, -0.1) is 0 Å². The van der Waals surface area contributed by atoms with Gasteiger partial charge in [0.2, 0.25) is 5.91 Å². The number of oxime groups is 1. The molecule has 6 nitrogen and oxygen atoms in total. The van der Waals surface area contributed by atoms with Gasteiger partial charge in [-0.1, -0.05) is 42.8 Å². The number of benzene rings is 1. The normalized spacial score (nSPS) is 11.4. The fraction of sp³-hybridized carbons (Fsp3) is 0.467. The molecule has 0 atom stereocenters. The molecule has 0 aliphatic heterocycles. The van der Waals surface area contributed by atoms with Crippen molar-refractivity contribution in [3.8, 4) is 0 Å². The maximum Gasteiger partial charge on any atom is 0.224 e. The zero-order valence-corrected chi connectivity index (χ0v) is 12.3. The zero-order chi connectivity index (χ0) is 15.5. The quantitative estimate of drug-likeness (QED) is 0.210. The first-order valence-electron chi connectivity index (χ1n) is 7.08. The monoisotopic (exact) mass is 293 g/mol. The number of rotatable bonds is 9. The van der Waals surface area contributed by atoms with Gasteiger partial charge in [0, 0.05) is 18.7 Å². The summed E-state index contributed by atoms with van der Waals surface area (Å²) in [7, 11) is 0. The molecular formula is C15H23N3O3. The van der Waals surface area contributed by atoms with Gasteiger partial charge in [0.05, 0.1) is 13.0 Å². The minimum absolute atomic E-state index is 0.0503. The van der Waals surface area contributed by atoms with Crippen LogP contribution in [-0.2, 0) is 16.0 Å². The van der Waals surface area contributed by atoms with E-state index < -0.39 is 0 Å². The number of nitrogens with two attached hydrogens (primary N) is 1. The molecule has 0 bridgehead atoms. The Hall–Kier alpha value is -2.08. The Morgan fingerprint density at radius 1 is 1.33 bits per heavy atom. The van der Waals surface area contributed by atoms with Crippen molar-refractivity contribution >= 4 is 11.7 Å². The summed E-state index contributed by atoms with van der Waals surface area (Å²) in [5, 5.41) is 14.3. The number of nitrogens with one attached hydrogen (secondary N) is 1. The number of amides is 1. The summed E-state index contributed by atoms with van der Waals surface area (Å²) in [5.74, 6) is 0.000804. The SMILES string of the molecule is CCCCOCCNC(=O)Cc1ccc(C(N)=NO)cc1. The molecule has 0 radical (unpaired) electrons. The molecule has 6 heteroatoms. The summed E-state index contributed by atoms with van der Waals surface area (Å²) in [6.07, 6.45) is 2.44. The predicted molar refractivity (Wildman–Crippen MR) is 81.4 cm³/mol. The van der Waals surface area contributed by atoms with E-state index in [1.54, 1.807) is 24.3 Å². The Labute approximate surface area is 125 Å². The summed E-state index contributed by atoms with van der Waals surface area (Å²) in [6.45, 7) is 3.90. The average Bonchev–Trinajstić information content (AvgIpc) is 2.50. The van der Waals surface area contributed by atoms with Crippen LogP contribution in [0.2, 0.25) is 0 Å². The van der Waals surface area contributed by atoms with Crippen molar-refractivity contribution in [2.24, 2.45) is 10.9 Å². The minimum atomic E-state index is -0.0503. The first-order valence-corrected chi connectivity index (χ1v) is 7.08. The predicted octanol–water partition coefficient (Wildman–Crippen LogP) is 1.26. The number of ether oxygens (including phenoxy) is 1. The van der Waals surface area contributed by atoms with Crippen molar-refractivity contribution in [2.75, 3.05) is 19.8 Å². The molecule has 0 aliphatic carbocycles. The van der Waals surface area contributed by atoms with Crippen LogP contribution in [0.15, 0.2) is 29.4 Å². The van der Waals surface area contributed by atoms with Crippen molar-refractivity contribution < 1.29 is 14.7 Å². The highest BCUT2D eigenvalue weighted by Crippen LogP contribution is 2.05. The van der Waals surface area contributed by atoms with E-state index in [0.717, 1.165) is 25.0 Å². The third-order valence-corrected chi connectivity index (χ3v) is 2.93. The highest BCUT2D eigenvalue weighted by atomic mass is 16.5. The first-order chi connectivity index (χ1) is 10.2. The first kappa shape index (κ1) is 17.0. The molecule has 1 aromatic carbocycles. The molecule has 0 saturated carbocycles. The lowest BCUT2D eigenvalue weighted by molar-refractivity contribution is -0.120. The molecule has 1 aromatic rings. The average molecular weight is 293 g/mol. The van der Waals surface area contributed by atoms with Crippen LogP contribution >= 0.6 is 0 Å². The number of nitrogens with zero attached hydrogens (tertiary/aromatic N) is 1. The van der Waals surface area contributed by atoms with Crippen LogP contribution in [0.3, 0.4) is 0 Å². The van der Waals surface area contributed by atoms with Crippen molar-refractivity contribution in [3.05, 3.63) is 35.4 Å².